The Balaban J connectivity index is 0.00000140. The molecule has 1 N–H and O–H groups in total. The first-order chi connectivity index (χ1) is 12.8. The van der Waals surface area contributed by atoms with Crippen molar-refractivity contribution in [3.8, 4) is 0 Å². The maximum Gasteiger partial charge on any atom is 0.241 e. The number of nitrogens with one attached hydrogen (secondary N) is 1. The highest BCUT2D eigenvalue weighted by molar-refractivity contribution is 5.95. The summed E-state index contributed by atoms with van der Waals surface area (Å²) in [7, 11) is 0. The number of piperidine rings is 1. The second-order valence-corrected chi connectivity index (χ2v) is 8.05. The van der Waals surface area contributed by atoms with Gasteiger partial charge in [-0.1, -0.05) is 18.2 Å². The van der Waals surface area contributed by atoms with Gasteiger partial charge in [-0.3, -0.25) is 9.69 Å². The number of halogens is 2. The molecule has 158 valence electrons. The van der Waals surface area contributed by atoms with Crippen molar-refractivity contribution in [2.24, 2.45) is 5.92 Å². The van der Waals surface area contributed by atoms with E-state index in [0.29, 0.717) is 6.54 Å². The lowest BCUT2D eigenvalue weighted by molar-refractivity contribution is -0.120. The Bertz CT molecular complexity index is 616. The zero-order valence-electron chi connectivity index (χ0n) is 16.6. The number of carbonyl (C=O) groups is 1. The molecule has 0 aromatic heterocycles. The molecule has 28 heavy (non-hydrogen) atoms. The van der Waals surface area contributed by atoms with Gasteiger partial charge in [0.1, 0.15) is 0 Å². The van der Waals surface area contributed by atoms with E-state index in [0.717, 1.165) is 57.2 Å². The smallest absolute Gasteiger partial charge is 0.241 e. The van der Waals surface area contributed by atoms with Crippen molar-refractivity contribution in [3.63, 3.8) is 0 Å². The highest BCUT2D eigenvalue weighted by Gasteiger charge is 2.26. The van der Waals surface area contributed by atoms with Crippen LogP contribution in [0.1, 0.15) is 24.8 Å². The molecule has 0 radical (unpaired) electrons. The summed E-state index contributed by atoms with van der Waals surface area (Å²) < 4.78 is 0. The Morgan fingerprint density at radius 2 is 1.64 bits per heavy atom. The molecule has 0 unspecified atom stereocenters. The standard InChI is InChI=1S/C21H32N4O.2ClH/c26-21(25-11-3-5-19-4-1-2-6-20(19)25)17-24-14-12-23(13-15-24)16-18-7-9-22-10-8-18;;/h1-2,4,6,18,22H,3,5,7-17H2;2*1H. The van der Waals surface area contributed by atoms with Crippen LogP contribution < -0.4 is 10.2 Å². The lowest BCUT2D eigenvalue weighted by Crippen LogP contribution is -2.51. The quantitative estimate of drug-likeness (QED) is 0.798. The third-order valence-electron chi connectivity index (χ3n) is 6.21. The molecule has 1 aromatic rings. The van der Waals surface area contributed by atoms with E-state index in [1.807, 2.05) is 11.0 Å². The molecule has 0 spiro atoms. The zero-order chi connectivity index (χ0) is 17.8. The Labute approximate surface area is 181 Å². The third kappa shape index (κ3) is 5.83. The minimum absolute atomic E-state index is 0. The minimum Gasteiger partial charge on any atom is -0.317 e. The summed E-state index contributed by atoms with van der Waals surface area (Å²) in [6, 6.07) is 8.39. The Morgan fingerprint density at radius 1 is 0.964 bits per heavy atom. The number of aryl methyl sites for hydroxylation is 1. The van der Waals surface area contributed by atoms with Crippen molar-refractivity contribution in [1.82, 2.24) is 15.1 Å². The fourth-order valence-electron chi connectivity index (χ4n) is 4.63. The zero-order valence-corrected chi connectivity index (χ0v) is 18.3. The molecular weight excluding hydrogens is 395 g/mol. The fraction of sp³-hybridized carbons (Fsp3) is 0.667. The number of benzene rings is 1. The van der Waals surface area contributed by atoms with Crippen LogP contribution in [0.2, 0.25) is 0 Å². The second-order valence-electron chi connectivity index (χ2n) is 8.05. The first-order valence-corrected chi connectivity index (χ1v) is 10.3. The molecule has 3 aliphatic rings. The molecule has 2 saturated heterocycles. The van der Waals surface area contributed by atoms with E-state index in [9.17, 15) is 4.79 Å². The normalized spacial score (nSPS) is 21.4. The molecular formula is C21H34Cl2N4O. The van der Waals surface area contributed by atoms with Crippen molar-refractivity contribution in [1.29, 1.82) is 0 Å². The van der Waals surface area contributed by atoms with Crippen LogP contribution in [0, 0.1) is 5.92 Å². The lowest BCUT2D eigenvalue weighted by Gasteiger charge is -2.38. The molecule has 1 amide bonds. The monoisotopic (exact) mass is 428 g/mol. The molecule has 0 aliphatic carbocycles. The van der Waals surface area contributed by atoms with E-state index in [-0.39, 0.29) is 30.7 Å². The van der Waals surface area contributed by atoms with Gasteiger partial charge in [-0.15, -0.1) is 24.8 Å². The molecule has 3 aliphatic heterocycles. The van der Waals surface area contributed by atoms with Gasteiger partial charge in [0, 0.05) is 45.0 Å². The first kappa shape index (κ1) is 23.4. The largest absolute Gasteiger partial charge is 0.317 e. The molecule has 0 atom stereocenters. The Morgan fingerprint density at radius 3 is 2.39 bits per heavy atom. The van der Waals surface area contributed by atoms with Gasteiger partial charge in [0.25, 0.3) is 0 Å². The summed E-state index contributed by atoms with van der Waals surface area (Å²) in [4.78, 5) is 19.9. The first-order valence-electron chi connectivity index (χ1n) is 10.3. The van der Waals surface area contributed by atoms with Gasteiger partial charge in [0.15, 0.2) is 0 Å². The van der Waals surface area contributed by atoms with E-state index < -0.39 is 0 Å². The molecule has 3 heterocycles. The van der Waals surface area contributed by atoms with Gasteiger partial charge < -0.3 is 15.1 Å². The molecule has 7 heteroatoms. The predicted molar refractivity (Wildman–Crippen MR) is 120 cm³/mol. The number of nitrogens with zero attached hydrogens (tertiary/aromatic N) is 3. The van der Waals surface area contributed by atoms with Crippen molar-refractivity contribution >= 4 is 36.4 Å². The Kier molecular flexibility index (Phi) is 9.51. The fourth-order valence-corrected chi connectivity index (χ4v) is 4.63. The van der Waals surface area contributed by atoms with Crippen molar-refractivity contribution in [2.45, 2.75) is 25.7 Å². The highest BCUT2D eigenvalue weighted by Crippen LogP contribution is 2.26. The molecule has 5 nitrogen and oxygen atoms in total. The second kappa shape index (κ2) is 11.4. The van der Waals surface area contributed by atoms with E-state index in [1.54, 1.807) is 0 Å². The van der Waals surface area contributed by atoms with E-state index in [4.69, 9.17) is 0 Å². The number of amides is 1. The summed E-state index contributed by atoms with van der Waals surface area (Å²) in [6.07, 6.45) is 4.79. The molecule has 0 bridgehead atoms. The van der Waals surface area contributed by atoms with Crippen LogP contribution in [0.3, 0.4) is 0 Å². The van der Waals surface area contributed by atoms with Crippen molar-refractivity contribution in [3.05, 3.63) is 29.8 Å². The van der Waals surface area contributed by atoms with Crippen LogP contribution in [-0.4, -0.2) is 74.6 Å². The number of fused-ring (bicyclic) bond motifs is 1. The van der Waals surface area contributed by atoms with Crippen molar-refractivity contribution < 1.29 is 4.79 Å². The minimum atomic E-state index is 0. The third-order valence-corrected chi connectivity index (χ3v) is 6.21. The van der Waals surface area contributed by atoms with E-state index in [1.165, 1.54) is 38.0 Å². The number of piperazine rings is 1. The van der Waals surface area contributed by atoms with Gasteiger partial charge in [-0.05, 0) is 56.3 Å². The van der Waals surface area contributed by atoms with Crippen LogP contribution in [-0.2, 0) is 11.2 Å². The maximum atomic E-state index is 12.9. The lowest BCUT2D eigenvalue weighted by atomic mass is 9.97. The van der Waals surface area contributed by atoms with Crippen LogP contribution in [0.5, 0.6) is 0 Å². The number of anilines is 1. The van der Waals surface area contributed by atoms with Crippen molar-refractivity contribution in [2.75, 3.05) is 63.8 Å². The van der Waals surface area contributed by atoms with Crippen LogP contribution in [0.15, 0.2) is 24.3 Å². The van der Waals surface area contributed by atoms with Gasteiger partial charge in [0.2, 0.25) is 5.91 Å². The summed E-state index contributed by atoms with van der Waals surface area (Å²) in [5, 5.41) is 3.45. The maximum absolute atomic E-state index is 12.9. The van der Waals surface area contributed by atoms with Gasteiger partial charge >= 0.3 is 0 Å². The molecule has 0 saturated carbocycles. The van der Waals surface area contributed by atoms with E-state index in [2.05, 4.69) is 33.3 Å². The number of hydrogen-bond donors (Lipinski definition) is 1. The molecule has 2 fully saturated rings. The number of rotatable bonds is 4. The number of hydrogen-bond acceptors (Lipinski definition) is 4. The summed E-state index contributed by atoms with van der Waals surface area (Å²) >= 11 is 0. The Hall–Kier alpha value is -0.850. The van der Waals surface area contributed by atoms with E-state index >= 15 is 0 Å². The summed E-state index contributed by atoms with van der Waals surface area (Å²) in [6.45, 7) is 9.27. The van der Waals surface area contributed by atoms with Crippen LogP contribution in [0.4, 0.5) is 5.69 Å². The van der Waals surface area contributed by atoms with Gasteiger partial charge in [-0.25, -0.2) is 0 Å². The number of para-hydroxylation sites is 1. The van der Waals surface area contributed by atoms with Gasteiger partial charge in [-0.2, -0.15) is 0 Å². The molecule has 4 rings (SSSR count). The summed E-state index contributed by atoms with van der Waals surface area (Å²) in [5.41, 5.74) is 2.45. The summed E-state index contributed by atoms with van der Waals surface area (Å²) in [5.74, 6) is 1.12. The molecule has 1 aromatic carbocycles. The number of carbonyl (C=O) groups excluding carboxylic acids is 1. The highest BCUT2D eigenvalue weighted by atomic mass is 35.5. The average Bonchev–Trinajstić information content (AvgIpc) is 2.70. The van der Waals surface area contributed by atoms with Gasteiger partial charge in [0.05, 0.1) is 6.54 Å². The predicted octanol–water partition coefficient (Wildman–Crippen LogP) is 2.43. The van der Waals surface area contributed by atoms with Crippen LogP contribution >= 0.6 is 24.8 Å². The van der Waals surface area contributed by atoms with Crippen LogP contribution in [0.25, 0.3) is 0 Å². The average molecular weight is 429 g/mol. The topological polar surface area (TPSA) is 38.8 Å². The SMILES string of the molecule is Cl.Cl.O=C(CN1CCN(CC2CCNCC2)CC1)N1CCCc2ccccc21.